The van der Waals surface area contributed by atoms with Crippen molar-refractivity contribution < 1.29 is 4.79 Å². The van der Waals surface area contributed by atoms with Gasteiger partial charge in [-0.25, -0.2) is 0 Å². The molecule has 3 rings (SSSR count). The topological polar surface area (TPSA) is 32.3 Å². The maximum Gasteiger partial charge on any atom is 0.222 e. The van der Waals surface area contributed by atoms with Gasteiger partial charge in [-0.05, 0) is 54.8 Å². The summed E-state index contributed by atoms with van der Waals surface area (Å²) < 4.78 is 0. The molecule has 3 heteroatoms. The first-order chi connectivity index (χ1) is 9.62. The number of fused-ring (bicyclic) bond motifs is 2. The van der Waals surface area contributed by atoms with Crippen molar-refractivity contribution in [3.8, 4) is 0 Å². The lowest BCUT2D eigenvalue weighted by molar-refractivity contribution is -0.129. The van der Waals surface area contributed by atoms with Gasteiger partial charge in [0.25, 0.3) is 0 Å². The molecule has 1 aliphatic heterocycles. The Labute approximate surface area is 121 Å². The highest BCUT2D eigenvalue weighted by Gasteiger charge is 2.44. The summed E-state index contributed by atoms with van der Waals surface area (Å²) in [6, 6.07) is 8.80. The summed E-state index contributed by atoms with van der Waals surface area (Å²) in [7, 11) is 3.70. The third kappa shape index (κ3) is 2.24. The zero-order valence-corrected chi connectivity index (χ0v) is 12.5. The van der Waals surface area contributed by atoms with Crippen LogP contribution in [0.5, 0.6) is 0 Å². The van der Waals surface area contributed by atoms with Crippen LogP contribution in [0.25, 0.3) is 0 Å². The minimum absolute atomic E-state index is 0.246. The van der Waals surface area contributed by atoms with Gasteiger partial charge in [0.15, 0.2) is 0 Å². The summed E-state index contributed by atoms with van der Waals surface area (Å²) in [4.78, 5) is 13.8. The molecule has 1 atom stereocenters. The van der Waals surface area contributed by atoms with E-state index in [0.717, 1.165) is 19.5 Å². The van der Waals surface area contributed by atoms with Gasteiger partial charge in [0.1, 0.15) is 0 Å². The van der Waals surface area contributed by atoms with Crippen LogP contribution in [-0.2, 0) is 10.2 Å². The number of rotatable bonds is 2. The van der Waals surface area contributed by atoms with Crippen LogP contribution >= 0.6 is 0 Å². The first-order valence-electron chi connectivity index (χ1n) is 7.63. The predicted molar refractivity (Wildman–Crippen MR) is 80.9 cm³/mol. The lowest BCUT2D eigenvalue weighted by Crippen LogP contribution is -2.38. The van der Waals surface area contributed by atoms with E-state index >= 15 is 0 Å². The molecule has 0 aromatic heterocycles. The van der Waals surface area contributed by atoms with E-state index in [2.05, 4.69) is 29.6 Å². The third-order valence-corrected chi connectivity index (χ3v) is 5.09. The lowest BCUT2D eigenvalue weighted by atomic mass is 9.73. The van der Waals surface area contributed by atoms with E-state index < -0.39 is 0 Å². The first-order valence-corrected chi connectivity index (χ1v) is 7.63. The summed E-state index contributed by atoms with van der Waals surface area (Å²) in [5.41, 5.74) is 3.25. The predicted octanol–water partition coefficient (Wildman–Crippen LogP) is 2.27. The number of nitrogens with zero attached hydrogens (tertiary/aromatic N) is 1. The van der Waals surface area contributed by atoms with Crippen molar-refractivity contribution in [1.82, 2.24) is 10.2 Å². The molecular formula is C17H24N2O. The molecule has 0 saturated carbocycles. The molecule has 1 fully saturated rings. The van der Waals surface area contributed by atoms with E-state index in [-0.39, 0.29) is 5.91 Å². The van der Waals surface area contributed by atoms with Gasteiger partial charge in [0.05, 0.1) is 0 Å². The summed E-state index contributed by atoms with van der Waals surface area (Å²) in [6.45, 7) is 2.20. The van der Waals surface area contributed by atoms with Crippen LogP contribution in [0.2, 0.25) is 0 Å². The van der Waals surface area contributed by atoms with Crippen LogP contribution in [0.1, 0.15) is 42.7 Å². The number of hydrogen-bond acceptors (Lipinski definition) is 2. The van der Waals surface area contributed by atoms with Crippen LogP contribution < -0.4 is 5.32 Å². The highest BCUT2D eigenvalue weighted by atomic mass is 16.2. The summed E-state index contributed by atoms with van der Waals surface area (Å²) in [5.74, 6) is 0.648. The Morgan fingerprint density at radius 2 is 2.00 bits per heavy atom. The van der Waals surface area contributed by atoms with Crippen LogP contribution in [0.3, 0.4) is 0 Å². The molecule has 1 N–H and O–H groups in total. The number of piperidine rings is 1. The standard InChI is InChI=1S/C17H24N2O/c1-19(2)16(20)11-13-12-17(7-9-18-10-8-17)15-6-4-3-5-14(13)15/h3-6,13,18H,7-12H2,1-2H3. The van der Waals surface area contributed by atoms with Crippen molar-refractivity contribution in [2.45, 2.75) is 37.0 Å². The van der Waals surface area contributed by atoms with Gasteiger partial charge in [-0.2, -0.15) is 0 Å². The van der Waals surface area contributed by atoms with Crippen molar-refractivity contribution in [2.75, 3.05) is 27.2 Å². The van der Waals surface area contributed by atoms with E-state index in [1.165, 1.54) is 24.0 Å². The lowest BCUT2D eigenvalue weighted by Gasteiger charge is -2.35. The van der Waals surface area contributed by atoms with E-state index in [1.54, 1.807) is 4.90 Å². The molecule has 1 aromatic carbocycles. The van der Waals surface area contributed by atoms with Crippen molar-refractivity contribution in [2.24, 2.45) is 0 Å². The van der Waals surface area contributed by atoms with Crippen LogP contribution in [0.4, 0.5) is 0 Å². The number of carbonyl (C=O) groups is 1. The fourth-order valence-corrected chi connectivity index (χ4v) is 3.98. The van der Waals surface area contributed by atoms with Crippen LogP contribution in [0.15, 0.2) is 24.3 Å². The van der Waals surface area contributed by atoms with E-state index in [9.17, 15) is 4.79 Å². The molecule has 1 unspecified atom stereocenters. The van der Waals surface area contributed by atoms with Crippen molar-refractivity contribution >= 4 is 5.91 Å². The van der Waals surface area contributed by atoms with Crippen molar-refractivity contribution in [1.29, 1.82) is 0 Å². The van der Waals surface area contributed by atoms with Gasteiger partial charge in [-0.15, -0.1) is 0 Å². The normalized spacial score (nSPS) is 23.6. The Morgan fingerprint density at radius 1 is 1.30 bits per heavy atom. The average Bonchev–Trinajstić information content (AvgIpc) is 2.74. The molecule has 1 aromatic rings. The van der Waals surface area contributed by atoms with E-state index in [0.29, 0.717) is 17.8 Å². The fraction of sp³-hybridized carbons (Fsp3) is 0.588. The SMILES string of the molecule is CN(C)C(=O)CC1CC2(CCNCC2)c2ccccc21. The van der Waals surface area contributed by atoms with Gasteiger partial charge in [0, 0.05) is 20.5 Å². The molecule has 2 aliphatic rings. The Kier molecular flexibility index (Phi) is 3.55. The molecule has 1 spiro atoms. The summed E-state index contributed by atoms with van der Waals surface area (Å²) in [6.07, 6.45) is 4.21. The Bertz CT molecular complexity index is 503. The van der Waals surface area contributed by atoms with Crippen LogP contribution in [0, 0.1) is 0 Å². The van der Waals surface area contributed by atoms with Crippen molar-refractivity contribution in [3.63, 3.8) is 0 Å². The van der Waals surface area contributed by atoms with Gasteiger partial charge >= 0.3 is 0 Å². The second kappa shape index (κ2) is 5.21. The second-order valence-corrected chi connectivity index (χ2v) is 6.51. The molecule has 108 valence electrons. The minimum Gasteiger partial charge on any atom is -0.349 e. The summed E-state index contributed by atoms with van der Waals surface area (Å²) in [5, 5.41) is 3.47. The van der Waals surface area contributed by atoms with E-state index in [1.807, 2.05) is 14.1 Å². The zero-order chi connectivity index (χ0) is 14.2. The number of nitrogens with one attached hydrogen (secondary N) is 1. The number of carbonyl (C=O) groups excluding carboxylic acids is 1. The molecule has 1 heterocycles. The maximum atomic E-state index is 12.1. The Hall–Kier alpha value is -1.35. The molecule has 0 radical (unpaired) electrons. The largest absolute Gasteiger partial charge is 0.349 e. The quantitative estimate of drug-likeness (QED) is 0.896. The molecule has 1 saturated heterocycles. The van der Waals surface area contributed by atoms with Gasteiger partial charge in [0.2, 0.25) is 5.91 Å². The number of amides is 1. The zero-order valence-electron chi connectivity index (χ0n) is 12.5. The Morgan fingerprint density at radius 3 is 2.70 bits per heavy atom. The number of benzene rings is 1. The molecule has 1 amide bonds. The molecule has 3 nitrogen and oxygen atoms in total. The van der Waals surface area contributed by atoms with Gasteiger partial charge in [-0.1, -0.05) is 24.3 Å². The maximum absolute atomic E-state index is 12.1. The smallest absolute Gasteiger partial charge is 0.222 e. The molecular weight excluding hydrogens is 248 g/mol. The van der Waals surface area contributed by atoms with Gasteiger partial charge in [-0.3, -0.25) is 4.79 Å². The summed E-state index contributed by atoms with van der Waals surface area (Å²) >= 11 is 0. The minimum atomic E-state index is 0.246. The molecule has 0 bridgehead atoms. The highest BCUT2D eigenvalue weighted by Crippen LogP contribution is 2.51. The van der Waals surface area contributed by atoms with E-state index in [4.69, 9.17) is 0 Å². The fourth-order valence-electron chi connectivity index (χ4n) is 3.98. The first kappa shape index (κ1) is 13.6. The Balaban J connectivity index is 1.90. The molecule has 20 heavy (non-hydrogen) atoms. The second-order valence-electron chi connectivity index (χ2n) is 6.51. The third-order valence-electron chi connectivity index (χ3n) is 5.09. The average molecular weight is 272 g/mol. The molecule has 1 aliphatic carbocycles. The monoisotopic (exact) mass is 272 g/mol. The number of hydrogen-bond donors (Lipinski definition) is 1. The van der Waals surface area contributed by atoms with Crippen molar-refractivity contribution in [3.05, 3.63) is 35.4 Å². The van der Waals surface area contributed by atoms with Crippen LogP contribution in [-0.4, -0.2) is 38.0 Å². The highest BCUT2D eigenvalue weighted by molar-refractivity contribution is 5.77. The van der Waals surface area contributed by atoms with Gasteiger partial charge < -0.3 is 10.2 Å².